The number of aliphatic carboxylic acids is 1. The smallest absolute Gasteiger partial charge is 0.475 e. The van der Waals surface area contributed by atoms with Crippen molar-refractivity contribution >= 4 is 11.9 Å². The third-order valence-electron chi connectivity index (χ3n) is 4.21. The highest BCUT2D eigenvalue weighted by Gasteiger charge is 2.38. The number of aryl methyl sites for hydroxylation is 3. The molecule has 0 bridgehead atoms. The van der Waals surface area contributed by atoms with E-state index in [9.17, 15) is 13.2 Å². The molecule has 0 saturated heterocycles. The molecule has 0 aliphatic rings. The van der Waals surface area contributed by atoms with E-state index >= 15 is 0 Å². The first-order chi connectivity index (χ1) is 14.0. The van der Waals surface area contributed by atoms with Crippen LogP contribution in [0.3, 0.4) is 0 Å². The number of nitrogens with one attached hydrogen (secondary N) is 1. The predicted octanol–water partition coefficient (Wildman–Crippen LogP) is 2.96. The zero-order chi connectivity index (χ0) is 22.5. The van der Waals surface area contributed by atoms with Crippen molar-refractivity contribution < 1.29 is 23.1 Å². The van der Waals surface area contributed by atoms with E-state index in [-0.39, 0.29) is 0 Å². The molecular weight excluding hydrogens is 403 g/mol. The lowest BCUT2D eigenvalue weighted by Gasteiger charge is -2.08. The van der Waals surface area contributed by atoms with E-state index in [4.69, 9.17) is 9.90 Å². The maximum Gasteiger partial charge on any atom is 0.490 e. The molecule has 9 nitrogen and oxygen atoms in total. The molecule has 0 amide bonds. The lowest BCUT2D eigenvalue weighted by Crippen LogP contribution is -2.21. The Morgan fingerprint density at radius 2 is 1.90 bits per heavy atom. The molecule has 3 aromatic rings. The summed E-state index contributed by atoms with van der Waals surface area (Å²) in [5, 5.41) is 14.8. The van der Waals surface area contributed by atoms with Gasteiger partial charge in [-0.05, 0) is 26.8 Å². The molecule has 0 aromatic carbocycles. The van der Waals surface area contributed by atoms with Gasteiger partial charge < -0.3 is 15.0 Å². The maximum absolute atomic E-state index is 10.6. The van der Waals surface area contributed by atoms with Gasteiger partial charge in [0, 0.05) is 43.4 Å². The molecule has 3 aromatic heterocycles. The zero-order valence-electron chi connectivity index (χ0n) is 16.9. The molecule has 0 unspecified atom stereocenters. The Kier molecular flexibility index (Phi) is 7.14. The Morgan fingerprint density at radius 3 is 2.43 bits per heavy atom. The Bertz CT molecular complexity index is 1010. The molecule has 0 spiro atoms. The van der Waals surface area contributed by atoms with E-state index < -0.39 is 12.1 Å². The second kappa shape index (κ2) is 9.37. The van der Waals surface area contributed by atoms with E-state index in [2.05, 4.69) is 36.9 Å². The first-order valence-electron chi connectivity index (χ1n) is 8.92. The van der Waals surface area contributed by atoms with Gasteiger partial charge in [-0.2, -0.15) is 18.3 Å². The molecule has 3 heterocycles. The average Bonchev–Trinajstić information content (AvgIpc) is 3.23. The maximum atomic E-state index is 10.6. The van der Waals surface area contributed by atoms with Gasteiger partial charge in [0.15, 0.2) is 0 Å². The summed E-state index contributed by atoms with van der Waals surface area (Å²) in [7, 11) is 1.94. The van der Waals surface area contributed by atoms with Gasteiger partial charge in [0.1, 0.15) is 5.82 Å². The summed E-state index contributed by atoms with van der Waals surface area (Å²) in [5.74, 6) is -1.20. The van der Waals surface area contributed by atoms with Gasteiger partial charge in [0.25, 0.3) is 0 Å². The number of aromatic nitrogens is 6. The lowest BCUT2D eigenvalue weighted by atomic mass is 10.1. The molecule has 0 fully saturated rings. The molecule has 12 heteroatoms. The van der Waals surface area contributed by atoms with Crippen LogP contribution >= 0.6 is 0 Å². The highest BCUT2D eigenvalue weighted by atomic mass is 19.4. The van der Waals surface area contributed by atoms with Crippen molar-refractivity contribution in [2.24, 2.45) is 7.05 Å². The predicted molar refractivity (Wildman–Crippen MR) is 103 cm³/mol. The van der Waals surface area contributed by atoms with Crippen LogP contribution in [0.2, 0.25) is 0 Å². The topological polar surface area (TPSA) is 111 Å². The molecule has 0 saturated carbocycles. The van der Waals surface area contributed by atoms with Crippen molar-refractivity contribution in [3.63, 3.8) is 0 Å². The van der Waals surface area contributed by atoms with E-state index in [0.717, 1.165) is 35.0 Å². The minimum absolute atomic E-state index is 0.593. The van der Waals surface area contributed by atoms with Crippen LogP contribution in [0.5, 0.6) is 0 Å². The molecule has 0 radical (unpaired) electrons. The summed E-state index contributed by atoms with van der Waals surface area (Å²) in [6.45, 7) is 7.62. The van der Waals surface area contributed by atoms with Gasteiger partial charge in [-0.25, -0.2) is 19.7 Å². The summed E-state index contributed by atoms with van der Waals surface area (Å²) in [4.78, 5) is 22.2. The fourth-order valence-corrected chi connectivity index (χ4v) is 2.68. The third-order valence-corrected chi connectivity index (χ3v) is 4.21. The number of rotatable bonds is 5. The molecule has 0 aliphatic heterocycles. The second-order valence-electron chi connectivity index (χ2n) is 6.22. The third kappa shape index (κ3) is 5.55. The highest BCUT2D eigenvalue weighted by Crippen LogP contribution is 2.25. The van der Waals surface area contributed by atoms with Crippen molar-refractivity contribution in [1.82, 2.24) is 29.3 Å². The number of halogens is 3. The summed E-state index contributed by atoms with van der Waals surface area (Å²) >= 11 is 0. The SMILES string of the molecule is CCn1ccnc1CNc1nccc(-c2c(C)nn(C)c2C)n1.O=C(O)C(F)(F)F. The number of imidazole rings is 1. The van der Waals surface area contributed by atoms with E-state index in [1.165, 1.54) is 0 Å². The van der Waals surface area contributed by atoms with Crippen LogP contribution in [-0.4, -0.2) is 46.6 Å². The van der Waals surface area contributed by atoms with Gasteiger partial charge >= 0.3 is 12.1 Å². The zero-order valence-corrected chi connectivity index (χ0v) is 16.9. The Morgan fingerprint density at radius 1 is 1.23 bits per heavy atom. The van der Waals surface area contributed by atoms with Gasteiger partial charge in [-0.1, -0.05) is 0 Å². The average molecular weight is 425 g/mol. The Balaban J connectivity index is 0.000000396. The molecule has 0 atom stereocenters. The van der Waals surface area contributed by atoms with Crippen molar-refractivity contribution in [3.8, 4) is 11.3 Å². The van der Waals surface area contributed by atoms with E-state index in [1.807, 2.05) is 37.8 Å². The molecule has 2 N–H and O–H groups in total. The number of nitrogens with zero attached hydrogens (tertiary/aromatic N) is 6. The van der Waals surface area contributed by atoms with Gasteiger partial charge in [-0.15, -0.1) is 0 Å². The minimum atomic E-state index is -5.08. The number of carbonyl (C=O) groups is 1. The van der Waals surface area contributed by atoms with Gasteiger partial charge in [0.05, 0.1) is 17.9 Å². The van der Waals surface area contributed by atoms with Crippen molar-refractivity contribution in [1.29, 1.82) is 0 Å². The molecular formula is C18H22F3N7O2. The number of anilines is 1. The van der Waals surface area contributed by atoms with Crippen LogP contribution in [0.1, 0.15) is 24.1 Å². The van der Waals surface area contributed by atoms with Gasteiger partial charge in [-0.3, -0.25) is 4.68 Å². The fourth-order valence-electron chi connectivity index (χ4n) is 2.68. The number of carboxylic acids is 1. The summed E-state index contributed by atoms with van der Waals surface area (Å²) in [6, 6.07) is 1.91. The Hall–Kier alpha value is -3.44. The largest absolute Gasteiger partial charge is 0.490 e. The molecule has 162 valence electrons. The monoisotopic (exact) mass is 425 g/mol. The van der Waals surface area contributed by atoms with Crippen LogP contribution < -0.4 is 5.32 Å². The second-order valence-corrected chi connectivity index (χ2v) is 6.22. The first-order valence-corrected chi connectivity index (χ1v) is 8.92. The fraction of sp³-hybridized carbons (Fsp3) is 0.389. The lowest BCUT2D eigenvalue weighted by molar-refractivity contribution is -0.192. The number of hydrogen-bond donors (Lipinski definition) is 2. The summed E-state index contributed by atoms with van der Waals surface area (Å²) in [6.07, 6.45) is 0.458. The summed E-state index contributed by atoms with van der Waals surface area (Å²) in [5.41, 5.74) is 4.00. The quantitative estimate of drug-likeness (QED) is 0.647. The van der Waals surface area contributed by atoms with Crippen molar-refractivity contribution in [2.75, 3.05) is 5.32 Å². The van der Waals surface area contributed by atoms with E-state index in [0.29, 0.717) is 12.5 Å². The number of carboxylic acid groups (broad SMARTS) is 1. The highest BCUT2D eigenvalue weighted by molar-refractivity contribution is 5.73. The van der Waals surface area contributed by atoms with Crippen LogP contribution in [0, 0.1) is 13.8 Å². The minimum Gasteiger partial charge on any atom is -0.475 e. The number of alkyl halides is 3. The van der Waals surface area contributed by atoms with Gasteiger partial charge in [0.2, 0.25) is 5.95 Å². The van der Waals surface area contributed by atoms with Crippen LogP contribution in [0.15, 0.2) is 24.7 Å². The summed E-state index contributed by atoms with van der Waals surface area (Å²) < 4.78 is 35.7. The standard InChI is InChI=1S/C16H21N7.C2HF3O2/c1-5-23-9-8-17-14(23)10-19-16-18-7-6-13(20-16)15-11(2)21-22(4)12(15)3;3-2(4,5)1(6)7/h6-9H,5,10H2,1-4H3,(H,18,19,20);(H,6,7). The molecule has 3 rings (SSSR count). The number of hydrogen-bond acceptors (Lipinski definition) is 6. The normalized spacial score (nSPS) is 11.0. The van der Waals surface area contributed by atoms with Crippen molar-refractivity contribution in [2.45, 2.75) is 40.0 Å². The molecule has 0 aliphatic carbocycles. The van der Waals surface area contributed by atoms with Crippen LogP contribution in [0.25, 0.3) is 11.3 Å². The Labute approximate surface area is 170 Å². The molecule has 30 heavy (non-hydrogen) atoms. The van der Waals surface area contributed by atoms with Crippen LogP contribution in [0.4, 0.5) is 19.1 Å². The van der Waals surface area contributed by atoms with Crippen LogP contribution in [-0.2, 0) is 24.9 Å². The van der Waals surface area contributed by atoms with Crippen molar-refractivity contribution in [3.05, 3.63) is 41.9 Å². The first kappa shape index (κ1) is 22.8. The van der Waals surface area contributed by atoms with E-state index in [1.54, 1.807) is 12.4 Å².